The maximum absolute atomic E-state index is 12.1. The molecule has 7 heteroatoms. The molecular weight excluding hydrogens is 338 g/mol. The normalized spacial score (nSPS) is 10.0. The molecule has 0 spiro atoms. The Hall–Kier alpha value is -3.37. The Morgan fingerprint density at radius 1 is 1.24 bits per heavy atom. The summed E-state index contributed by atoms with van der Waals surface area (Å²) in [7, 11) is 0. The molecule has 0 unspecified atom stereocenters. The van der Waals surface area contributed by atoms with Crippen LogP contribution in [0.3, 0.4) is 0 Å². The number of amides is 2. The smallest absolute Gasteiger partial charge is 0.293 e. The van der Waals surface area contributed by atoms with Crippen LogP contribution in [0, 0.1) is 12.3 Å². The maximum Gasteiger partial charge on any atom is 0.293 e. The molecule has 0 saturated carbocycles. The number of hydrogen-bond acceptors (Lipinski definition) is 5. The minimum absolute atomic E-state index is 0.0907. The molecule has 0 radical (unpaired) electrons. The van der Waals surface area contributed by atoms with Gasteiger partial charge in [0.05, 0.1) is 18.4 Å². The van der Waals surface area contributed by atoms with E-state index in [0.717, 1.165) is 0 Å². The van der Waals surface area contributed by atoms with E-state index < -0.39 is 0 Å². The molecule has 6 nitrogen and oxygen atoms in total. The first-order chi connectivity index (χ1) is 12.1. The van der Waals surface area contributed by atoms with Crippen LogP contribution in [0.1, 0.15) is 21.8 Å². The number of rotatable bonds is 5. The number of thiazole rings is 1. The van der Waals surface area contributed by atoms with E-state index in [2.05, 4.69) is 21.5 Å². The zero-order chi connectivity index (χ0) is 17.6. The van der Waals surface area contributed by atoms with Crippen LogP contribution < -0.4 is 10.6 Å². The monoisotopic (exact) mass is 351 g/mol. The molecule has 1 aromatic carbocycles. The van der Waals surface area contributed by atoms with Gasteiger partial charge in [0.1, 0.15) is 0 Å². The topological polar surface area (TPSA) is 84.2 Å². The fourth-order valence-electron chi connectivity index (χ4n) is 2.07. The lowest BCUT2D eigenvalue weighted by Gasteiger charge is -2.04. The number of nitrogens with zero attached hydrogens (tertiary/aromatic N) is 1. The van der Waals surface area contributed by atoms with Crippen molar-refractivity contribution in [3.8, 4) is 12.3 Å². The molecule has 2 heterocycles. The third kappa shape index (κ3) is 4.34. The van der Waals surface area contributed by atoms with Crippen molar-refractivity contribution in [2.24, 2.45) is 0 Å². The fourth-order valence-corrected chi connectivity index (χ4v) is 2.77. The third-order valence-electron chi connectivity index (χ3n) is 3.17. The first-order valence-electron chi connectivity index (χ1n) is 7.30. The maximum atomic E-state index is 12.1. The Morgan fingerprint density at radius 2 is 2.12 bits per heavy atom. The number of hydrogen-bond donors (Lipinski definition) is 2. The van der Waals surface area contributed by atoms with E-state index in [1.54, 1.807) is 41.8 Å². The quantitative estimate of drug-likeness (QED) is 0.692. The average Bonchev–Trinajstić information content (AvgIpc) is 3.27. The second kappa shape index (κ2) is 7.47. The summed E-state index contributed by atoms with van der Waals surface area (Å²) < 4.78 is 5.01. The molecule has 0 bridgehead atoms. The molecule has 2 aromatic heterocycles. The van der Waals surface area contributed by atoms with Crippen LogP contribution in [-0.4, -0.2) is 16.8 Å². The van der Waals surface area contributed by atoms with Gasteiger partial charge in [0.25, 0.3) is 5.91 Å². The van der Waals surface area contributed by atoms with Crippen LogP contribution in [0.4, 0.5) is 10.8 Å². The fraction of sp³-hybridized carbons (Fsp3) is 0.0556. The Bertz CT molecular complexity index is 939. The zero-order valence-corrected chi connectivity index (χ0v) is 13.8. The predicted molar refractivity (Wildman–Crippen MR) is 95.5 cm³/mol. The van der Waals surface area contributed by atoms with Crippen molar-refractivity contribution in [1.29, 1.82) is 0 Å². The van der Waals surface area contributed by atoms with Crippen molar-refractivity contribution in [3.05, 3.63) is 65.1 Å². The van der Waals surface area contributed by atoms with Gasteiger partial charge in [-0.05, 0) is 30.3 Å². The van der Waals surface area contributed by atoms with E-state index >= 15 is 0 Å². The number of nitrogens with one attached hydrogen (secondary N) is 2. The molecule has 2 amide bonds. The van der Waals surface area contributed by atoms with Crippen molar-refractivity contribution < 1.29 is 14.0 Å². The predicted octanol–water partition coefficient (Wildman–Crippen LogP) is 3.15. The summed E-state index contributed by atoms with van der Waals surface area (Å²) in [5.74, 6) is 2.10. The van der Waals surface area contributed by atoms with Gasteiger partial charge in [0.15, 0.2) is 10.9 Å². The minimum Gasteiger partial charge on any atom is -0.459 e. The number of benzene rings is 1. The summed E-state index contributed by atoms with van der Waals surface area (Å²) in [5.41, 5.74) is 1.88. The first-order valence-corrected chi connectivity index (χ1v) is 8.18. The Kier molecular flexibility index (Phi) is 4.92. The number of furan rings is 1. The molecule has 2 N–H and O–H groups in total. The lowest BCUT2D eigenvalue weighted by Crippen LogP contribution is -2.15. The van der Waals surface area contributed by atoms with Crippen molar-refractivity contribution in [2.75, 3.05) is 10.6 Å². The highest BCUT2D eigenvalue weighted by Crippen LogP contribution is 2.18. The molecule has 0 aliphatic rings. The summed E-state index contributed by atoms with van der Waals surface area (Å²) in [5, 5.41) is 7.51. The van der Waals surface area contributed by atoms with Gasteiger partial charge in [-0.3, -0.25) is 14.9 Å². The van der Waals surface area contributed by atoms with Crippen LogP contribution in [-0.2, 0) is 11.2 Å². The lowest BCUT2D eigenvalue weighted by molar-refractivity contribution is -0.115. The molecule has 0 atom stereocenters. The Morgan fingerprint density at radius 3 is 2.88 bits per heavy atom. The summed E-state index contributed by atoms with van der Waals surface area (Å²) in [4.78, 5) is 28.2. The second-order valence-corrected chi connectivity index (χ2v) is 5.88. The van der Waals surface area contributed by atoms with E-state index in [0.29, 0.717) is 22.1 Å². The van der Waals surface area contributed by atoms with Crippen LogP contribution in [0.15, 0.2) is 52.5 Å². The van der Waals surface area contributed by atoms with Gasteiger partial charge < -0.3 is 9.73 Å². The first kappa shape index (κ1) is 16.5. The molecule has 25 heavy (non-hydrogen) atoms. The van der Waals surface area contributed by atoms with Crippen molar-refractivity contribution >= 4 is 34.0 Å². The molecule has 0 fully saturated rings. The Balaban J connectivity index is 1.58. The van der Waals surface area contributed by atoms with Gasteiger partial charge in [-0.2, -0.15) is 0 Å². The highest BCUT2D eigenvalue weighted by atomic mass is 32.1. The molecule has 0 aliphatic heterocycles. The van der Waals surface area contributed by atoms with Gasteiger partial charge in [-0.25, -0.2) is 4.98 Å². The summed E-state index contributed by atoms with van der Waals surface area (Å²) in [6.07, 6.45) is 6.85. The van der Waals surface area contributed by atoms with Crippen LogP contribution in [0.25, 0.3) is 0 Å². The van der Waals surface area contributed by atoms with Crippen LogP contribution in [0.5, 0.6) is 0 Å². The SMILES string of the molecule is C#Cc1cccc(NC(=O)Cc2csc(NC(=O)c3ccco3)n2)c1. The van der Waals surface area contributed by atoms with Crippen molar-refractivity contribution in [2.45, 2.75) is 6.42 Å². The van der Waals surface area contributed by atoms with Gasteiger partial charge >= 0.3 is 0 Å². The minimum atomic E-state index is -0.388. The highest BCUT2D eigenvalue weighted by Gasteiger charge is 2.13. The second-order valence-electron chi connectivity index (χ2n) is 5.03. The third-order valence-corrected chi connectivity index (χ3v) is 3.98. The van der Waals surface area contributed by atoms with E-state index in [-0.39, 0.29) is 24.0 Å². The van der Waals surface area contributed by atoms with Gasteiger partial charge in [0.2, 0.25) is 5.91 Å². The molecule has 3 aromatic rings. The highest BCUT2D eigenvalue weighted by molar-refractivity contribution is 7.14. The molecule has 3 rings (SSSR count). The molecule has 0 saturated heterocycles. The Labute approximate surface area is 147 Å². The number of carbonyl (C=O) groups excluding carboxylic acids is 2. The van der Waals surface area contributed by atoms with E-state index in [1.807, 2.05) is 0 Å². The van der Waals surface area contributed by atoms with Crippen LogP contribution in [0.2, 0.25) is 0 Å². The zero-order valence-electron chi connectivity index (χ0n) is 13.0. The van der Waals surface area contributed by atoms with E-state index in [9.17, 15) is 9.59 Å². The van der Waals surface area contributed by atoms with Gasteiger partial charge in [-0.15, -0.1) is 17.8 Å². The van der Waals surface area contributed by atoms with Crippen molar-refractivity contribution in [1.82, 2.24) is 4.98 Å². The lowest BCUT2D eigenvalue weighted by atomic mass is 10.2. The number of terminal acetylenes is 1. The number of anilines is 2. The number of aromatic nitrogens is 1. The standard InChI is InChI=1S/C18H13N3O3S/c1-2-12-5-3-6-13(9-12)19-16(22)10-14-11-25-18(20-14)21-17(23)15-7-4-8-24-15/h1,3-9,11H,10H2,(H,19,22)(H,20,21,23). The van der Waals surface area contributed by atoms with Crippen LogP contribution >= 0.6 is 11.3 Å². The largest absolute Gasteiger partial charge is 0.459 e. The molecule has 124 valence electrons. The van der Waals surface area contributed by atoms with E-state index in [1.165, 1.54) is 17.6 Å². The number of carbonyl (C=O) groups is 2. The summed E-state index contributed by atoms with van der Waals surface area (Å²) >= 11 is 1.24. The van der Waals surface area contributed by atoms with Gasteiger partial charge in [-0.1, -0.05) is 12.0 Å². The van der Waals surface area contributed by atoms with Gasteiger partial charge in [0, 0.05) is 16.6 Å². The van der Waals surface area contributed by atoms with E-state index in [4.69, 9.17) is 10.8 Å². The average molecular weight is 351 g/mol. The summed E-state index contributed by atoms with van der Waals surface area (Å²) in [6, 6.07) is 10.2. The molecular formula is C18H13N3O3S. The summed E-state index contributed by atoms with van der Waals surface area (Å²) in [6.45, 7) is 0. The van der Waals surface area contributed by atoms with Crippen molar-refractivity contribution in [3.63, 3.8) is 0 Å². The molecule has 0 aliphatic carbocycles.